The van der Waals surface area contributed by atoms with Gasteiger partial charge in [-0.25, -0.2) is 0 Å². The Balaban J connectivity index is 1.93. The van der Waals surface area contributed by atoms with Crippen molar-refractivity contribution >= 4 is 11.6 Å². The van der Waals surface area contributed by atoms with Crippen molar-refractivity contribution in [2.75, 3.05) is 6.54 Å². The summed E-state index contributed by atoms with van der Waals surface area (Å²) < 4.78 is 0. The lowest BCUT2D eigenvalue weighted by Gasteiger charge is -2.22. The number of benzene rings is 1. The van der Waals surface area contributed by atoms with Crippen molar-refractivity contribution in [3.63, 3.8) is 0 Å². The van der Waals surface area contributed by atoms with Crippen LogP contribution in [0.3, 0.4) is 0 Å². The molecule has 0 saturated heterocycles. The summed E-state index contributed by atoms with van der Waals surface area (Å²) >= 11 is 6.07. The predicted octanol–water partition coefficient (Wildman–Crippen LogP) is 4.82. The van der Waals surface area contributed by atoms with Gasteiger partial charge in [0.1, 0.15) is 0 Å². The molecule has 3 atom stereocenters. The van der Waals surface area contributed by atoms with Gasteiger partial charge in [0.05, 0.1) is 0 Å². The third-order valence-corrected chi connectivity index (χ3v) is 4.56. The van der Waals surface area contributed by atoms with Gasteiger partial charge in [0.2, 0.25) is 0 Å². The Hall–Kier alpha value is -0.530. The van der Waals surface area contributed by atoms with Gasteiger partial charge in [-0.2, -0.15) is 0 Å². The van der Waals surface area contributed by atoms with Gasteiger partial charge in [0.15, 0.2) is 0 Å². The molecule has 0 spiro atoms. The van der Waals surface area contributed by atoms with Gasteiger partial charge in [-0.05, 0) is 48.9 Å². The van der Waals surface area contributed by atoms with Crippen molar-refractivity contribution < 1.29 is 0 Å². The molecule has 1 aliphatic rings. The monoisotopic (exact) mass is 265 g/mol. The first kappa shape index (κ1) is 13.9. The van der Waals surface area contributed by atoms with Crippen LogP contribution in [0.5, 0.6) is 0 Å². The molecule has 0 amide bonds. The van der Waals surface area contributed by atoms with Crippen LogP contribution < -0.4 is 5.32 Å². The van der Waals surface area contributed by atoms with Gasteiger partial charge < -0.3 is 5.32 Å². The van der Waals surface area contributed by atoms with Crippen molar-refractivity contribution in [1.29, 1.82) is 0 Å². The molecule has 1 nitrogen and oxygen atoms in total. The molecule has 0 heterocycles. The third kappa shape index (κ3) is 3.49. The number of hydrogen-bond acceptors (Lipinski definition) is 1. The highest BCUT2D eigenvalue weighted by Gasteiger charge is 2.23. The van der Waals surface area contributed by atoms with Crippen LogP contribution in [-0.2, 0) is 0 Å². The molecule has 1 aromatic carbocycles. The largest absolute Gasteiger partial charge is 0.310 e. The zero-order chi connectivity index (χ0) is 13.0. The fraction of sp³-hybridized carbons (Fsp3) is 0.625. The van der Waals surface area contributed by atoms with Crippen LogP contribution in [0, 0.1) is 11.8 Å². The highest BCUT2D eigenvalue weighted by Crippen LogP contribution is 2.31. The molecular weight excluding hydrogens is 242 g/mol. The van der Waals surface area contributed by atoms with E-state index in [1.54, 1.807) is 0 Å². The normalized spacial score (nSPS) is 25.3. The molecule has 1 fully saturated rings. The third-order valence-electron chi connectivity index (χ3n) is 4.32. The van der Waals surface area contributed by atoms with E-state index in [1.165, 1.54) is 24.8 Å². The number of hydrogen-bond donors (Lipinski definition) is 1. The van der Waals surface area contributed by atoms with Gasteiger partial charge in [0.25, 0.3) is 0 Å². The molecule has 2 rings (SSSR count). The summed E-state index contributed by atoms with van der Waals surface area (Å²) in [4.78, 5) is 0. The van der Waals surface area contributed by atoms with E-state index in [2.05, 4.69) is 31.3 Å². The van der Waals surface area contributed by atoms with Gasteiger partial charge in [-0.15, -0.1) is 0 Å². The Morgan fingerprint density at radius 2 is 2.22 bits per heavy atom. The van der Waals surface area contributed by atoms with Crippen molar-refractivity contribution in [2.45, 2.75) is 45.6 Å². The van der Waals surface area contributed by atoms with Crippen LogP contribution in [0.1, 0.15) is 51.1 Å². The second-order valence-electron chi connectivity index (χ2n) is 5.59. The lowest BCUT2D eigenvalue weighted by Crippen LogP contribution is -2.28. The topological polar surface area (TPSA) is 12.0 Å². The van der Waals surface area contributed by atoms with Crippen LogP contribution >= 0.6 is 11.6 Å². The standard InChI is InChI=1S/C16H24ClN/c1-3-16(13-7-5-9-15(17)10-13)18-11-14-8-4-6-12(14)2/h5,7,9-10,12,14,16,18H,3-4,6,8,11H2,1-2H3. The Labute approximate surface area is 116 Å². The molecule has 0 radical (unpaired) electrons. The van der Waals surface area contributed by atoms with Crippen LogP contribution in [0.4, 0.5) is 0 Å². The zero-order valence-electron chi connectivity index (χ0n) is 11.5. The first-order chi connectivity index (χ1) is 8.70. The Kier molecular flexibility index (Phi) is 5.08. The number of halogens is 1. The number of rotatable bonds is 5. The van der Waals surface area contributed by atoms with Gasteiger partial charge in [-0.1, -0.05) is 50.4 Å². The van der Waals surface area contributed by atoms with E-state index in [0.717, 1.165) is 29.8 Å². The van der Waals surface area contributed by atoms with E-state index in [0.29, 0.717) is 6.04 Å². The van der Waals surface area contributed by atoms with E-state index in [9.17, 15) is 0 Å². The molecule has 1 saturated carbocycles. The van der Waals surface area contributed by atoms with Crippen LogP contribution in [0.25, 0.3) is 0 Å². The maximum Gasteiger partial charge on any atom is 0.0409 e. The fourth-order valence-corrected chi connectivity index (χ4v) is 3.24. The van der Waals surface area contributed by atoms with Crippen LogP contribution in [0.15, 0.2) is 24.3 Å². The van der Waals surface area contributed by atoms with Crippen molar-refractivity contribution in [2.24, 2.45) is 11.8 Å². The summed E-state index contributed by atoms with van der Waals surface area (Å²) in [5.74, 6) is 1.74. The Morgan fingerprint density at radius 3 is 2.83 bits per heavy atom. The summed E-state index contributed by atoms with van der Waals surface area (Å²) in [6, 6.07) is 8.68. The minimum absolute atomic E-state index is 0.441. The quantitative estimate of drug-likeness (QED) is 0.805. The lowest BCUT2D eigenvalue weighted by molar-refractivity contribution is 0.365. The molecule has 18 heavy (non-hydrogen) atoms. The lowest BCUT2D eigenvalue weighted by atomic mass is 9.97. The summed E-state index contributed by atoms with van der Waals surface area (Å²) in [6.45, 7) is 5.77. The highest BCUT2D eigenvalue weighted by atomic mass is 35.5. The average molecular weight is 266 g/mol. The minimum Gasteiger partial charge on any atom is -0.310 e. The molecule has 1 N–H and O–H groups in total. The molecule has 0 aromatic heterocycles. The fourth-order valence-electron chi connectivity index (χ4n) is 3.04. The summed E-state index contributed by atoms with van der Waals surface area (Å²) in [7, 11) is 0. The molecule has 2 heteroatoms. The van der Waals surface area contributed by atoms with E-state index in [1.807, 2.05) is 12.1 Å². The Morgan fingerprint density at radius 1 is 1.39 bits per heavy atom. The first-order valence-electron chi connectivity index (χ1n) is 7.19. The highest BCUT2D eigenvalue weighted by molar-refractivity contribution is 6.30. The average Bonchev–Trinajstić information content (AvgIpc) is 2.76. The molecule has 1 aliphatic carbocycles. The molecule has 0 bridgehead atoms. The summed E-state index contributed by atoms with van der Waals surface area (Å²) in [5, 5.41) is 4.56. The second kappa shape index (κ2) is 6.58. The first-order valence-corrected chi connectivity index (χ1v) is 7.57. The van der Waals surface area contributed by atoms with Crippen LogP contribution in [0.2, 0.25) is 5.02 Å². The van der Waals surface area contributed by atoms with Crippen molar-refractivity contribution in [3.8, 4) is 0 Å². The van der Waals surface area contributed by atoms with Crippen molar-refractivity contribution in [3.05, 3.63) is 34.9 Å². The molecule has 100 valence electrons. The predicted molar refractivity (Wildman–Crippen MR) is 79.0 cm³/mol. The van der Waals surface area contributed by atoms with Gasteiger partial charge >= 0.3 is 0 Å². The van der Waals surface area contributed by atoms with E-state index >= 15 is 0 Å². The molecule has 1 aromatic rings. The Bertz CT molecular complexity index is 377. The van der Waals surface area contributed by atoms with E-state index in [-0.39, 0.29) is 0 Å². The zero-order valence-corrected chi connectivity index (χ0v) is 12.2. The molecule has 0 aliphatic heterocycles. The van der Waals surface area contributed by atoms with Gasteiger partial charge in [0, 0.05) is 11.1 Å². The minimum atomic E-state index is 0.441. The maximum atomic E-state index is 6.07. The van der Waals surface area contributed by atoms with Crippen molar-refractivity contribution in [1.82, 2.24) is 5.32 Å². The molecular formula is C16H24ClN. The molecule has 3 unspecified atom stereocenters. The summed E-state index contributed by atoms with van der Waals surface area (Å²) in [6.07, 6.45) is 5.31. The smallest absolute Gasteiger partial charge is 0.0409 e. The van der Waals surface area contributed by atoms with E-state index < -0.39 is 0 Å². The van der Waals surface area contributed by atoms with Gasteiger partial charge in [-0.3, -0.25) is 0 Å². The van der Waals surface area contributed by atoms with Crippen LogP contribution in [-0.4, -0.2) is 6.54 Å². The SMILES string of the molecule is CCC(NCC1CCCC1C)c1cccc(Cl)c1. The second-order valence-corrected chi connectivity index (χ2v) is 6.03. The maximum absolute atomic E-state index is 6.07. The summed E-state index contributed by atoms with van der Waals surface area (Å²) in [5.41, 5.74) is 1.32. The number of nitrogens with one attached hydrogen (secondary N) is 1. The van der Waals surface area contributed by atoms with E-state index in [4.69, 9.17) is 11.6 Å².